The van der Waals surface area contributed by atoms with E-state index in [4.69, 9.17) is 0 Å². The summed E-state index contributed by atoms with van der Waals surface area (Å²) in [6.07, 6.45) is 0.0713. The van der Waals surface area contributed by atoms with E-state index in [1.54, 1.807) is 24.3 Å². The highest BCUT2D eigenvalue weighted by Gasteiger charge is 2.31. The Morgan fingerprint density at radius 1 is 1.20 bits per heavy atom. The summed E-state index contributed by atoms with van der Waals surface area (Å²) in [5.74, 6) is -0.355. The summed E-state index contributed by atoms with van der Waals surface area (Å²) >= 11 is 1.28. The number of phenols is 1. The first kappa shape index (κ1) is 17.2. The number of hydrogen-bond donors (Lipinski definition) is 2. The van der Waals surface area contributed by atoms with Crippen LogP contribution in [0, 0.1) is 13.8 Å². The molecule has 0 saturated carbocycles. The van der Waals surface area contributed by atoms with Crippen molar-refractivity contribution in [2.45, 2.75) is 25.5 Å². The summed E-state index contributed by atoms with van der Waals surface area (Å²) in [4.78, 5) is 28.4. The first-order valence-electron chi connectivity index (χ1n) is 7.88. The molecule has 2 N–H and O–H groups in total. The number of nitrogens with one attached hydrogen (secondary N) is 1. The van der Waals surface area contributed by atoms with Gasteiger partial charge in [-0.15, -0.1) is 0 Å². The van der Waals surface area contributed by atoms with E-state index in [2.05, 4.69) is 10.3 Å². The molecule has 2 aromatic carbocycles. The van der Waals surface area contributed by atoms with Crippen molar-refractivity contribution < 1.29 is 14.7 Å². The van der Waals surface area contributed by atoms with Gasteiger partial charge >= 0.3 is 0 Å². The fraction of sp³-hybridized carbons (Fsp3) is 0.211. The van der Waals surface area contributed by atoms with E-state index in [0.717, 1.165) is 22.4 Å². The van der Waals surface area contributed by atoms with Crippen LogP contribution in [0.4, 0.5) is 5.69 Å². The molecular formula is C19H18N2O3S. The maximum absolute atomic E-state index is 12.3. The normalized spacial score (nSPS) is 16.6. The van der Waals surface area contributed by atoms with Crippen LogP contribution in [0.1, 0.15) is 23.1 Å². The Morgan fingerprint density at radius 3 is 2.60 bits per heavy atom. The van der Waals surface area contributed by atoms with E-state index >= 15 is 0 Å². The number of aryl methyl sites for hydroxylation is 2. The minimum Gasteiger partial charge on any atom is -0.508 e. The summed E-state index contributed by atoms with van der Waals surface area (Å²) in [6, 6.07) is 12.3. The molecule has 6 heteroatoms. The standard InChI is InChI=1S/C19H18N2O3S/c1-11-3-8-15(12(2)9-11)20-17(23)10-16-18(24)21-19(25-16)13-4-6-14(22)7-5-13/h3-9,16,22H,10H2,1-2H3,(H,20,23)/t16-/m0/s1. The third kappa shape index (κ3) is 4.09. The molecule has 0 unspecified atom stereocenters. The van der Waals surface area contributed by atoms with Gasteiger partial charge in [0.05, 0.1) is 0 Å². The van der Waals surface area contributed by atoms with Crippen molar-refractivity contribution in [3.63, 3.8) is 0 Å². The number of carbonyl (C=O) groups excluding carboxylic acids is 2. The van der Waals surface area contributed by atoms with Crippen molar-refractivity contribution in [2.24, 2.45) is 4.99 Å². The fourth-order valence-electron chi connectivity index (χ4n) is 2.57. The predicted molar refractivity (Wildman–Crippen MR) is 100 cm³/mol. The third-order valence-corrected chi connectivity index (χ3v) is 5.09. The minimum absolute atomic E-state index is 0.0713. The fourth-order valence-corrected chi connectivity index (χ4v) is 3.65. The van der Waals surface area contributed by atoms with Gasteiger partial charge in [-0.2, -0.15) is 0 Å². The zero-order valence-corrected chi connectivity index (χ0v) is 14.8. The van der Waals surface area contributed by atoms with Crippen molar-refractivity contribution in [3.8, 4) is 5.75 Å². The van der Waals surface area contributed by atoms with E-state index < -0.39 is 5.25 Å². The molecule has 1 heterocycles. The highest BCUT2D eigenvalue weighted by atomic mass is 32.2. The molecule has 0 aliphatic carbocycles. The molecule has 1 aliphatic heterocycles. The predicted octanol–water partition coefficient (Wildman–Crippen LogP) is 3.43. The molecule has 1 aliphatic rings. The number of carbonyl (C=O) groups is 2. The highest BCUT2D eigenvalue weighted by Crippen LogP contribution is 2.30. The van der Waals surface area contributed by atoms with E-state index in [-0.39, 0.29) is 24.0 Å². The Labute approximate surface area is 150 Å². The van der Waals surface area contributed by atoms with Gasteiger partial charge in [0.15, 0.2) is 0 Å². The van der Waals surface area contributed by atoms with E-state index in [9.17, 15) is 14.7 Å². The molecule has 0 spiro atoms. The van der Waals surface area contributed by atoms with Crippen LogP contribution in [0.25, 0.3) is 0 Å². The Kier molecular flexibility index (Phi) is 4.90. The van der Waals surface area contributed by atoms with Crippen molar-refractivity contribution >= 4 is 34.3 Å². The summed E-state index contributed by atoms with van der Waals surface area (Å²) in [5, 5.41) is 12.3. The molecule has 2 aromatic rings. The number of hydrogen-bond acceptors (Lipinski definition) is 4. The number of rotatable bonds is 4. The van der Waals surface area contributed by atoms with Crippen LogP contribution in [-0.2, 0) is 9.59 Å². The molecule has 0 fully saturated rings. The number of benzene rings is 2. The maximum Gasteiger partial charge on any atom is 0.260 e. The number of aromatic hydroxyl groups is 1. The van der Waals surface area contributed by atoms with Gasteiger partial charge in [0.2, 0.25) is 5.91 Å². The third-order valence-electron chi connectivity index (χ3n) is 3.88. The van der Waals surface area contributed by atoms with Crippen LogP contribution >= 0.6 is 11.8 Å². The Hall–Kier alpha value is -2.60. The van der Waals surface area contributed by atoms with E-state index in [1.165, 1.54) is 11.8 Å². The lowest BCUT2D eigenvalue weighted by Gasteiger charge is -2.11. The van der Waals surface area contributed by atoms with Gasteiger partial charge in [0.1, 0.15) is 16.0 Å². The second-order valence-corrected chi connectivity index (χ2v) is 7.17. The zero-order valence-electron chi connectivity index (χ0n) is 13.9. The Balaban J connectivity index is 1.63. The van der Waals surface area contributed by atoms with E-state index in [1.807, 2.05) is 32.0 Å². The van der Waals surface area contributed by atoms with E-state index in [0.29, 0.717) is 5.04 Å². The quantitative estimate of drug-likeness (QED) is 0.882. The minimum atomic E-state index is -0.519. The Morgan fingerprint density at radius 2 is 1.92 bits per heavy atom. The van der Waals surface area contributed by atoms with Crippen LogP contribution in [0.2, 0.25) is 0 Å². The largest absolute Gasteiger partial charge is 0.508 e. The van der Waals surface area contributed by atoms with Gasteiger partial charge in [-0.05, 0) is 49.7 Å². The molecule has 0 radical (unpaired) electrons. The van der Waals surface area contributed by atoms with Crippen LogP contribution < -0.4 is 5.32 Å². The molecule has 2 amide bonds. The topological polar surface area (TPSA) is 78.8 Å². The number of aliphatic imine (C=N–C) groups is 1. The van der Waals surface area contributed by atoms with Gasteiger partial charge in [0.25, 0.3) is 5.91 Å². The van der Waals surface area contributed by atoms with Crippen LogP contribution in [0.5, 0.6) is 5.75 Å². The molecule has 3 rings (SSSR count). The van der Waals surface area contributed by atoms with Crippen molar-refractivity contribution in [1.82, 2.24) is 0 Å². The smallest absolute Gasteiger partial charge is 0.260 e. The van der Waals surface area contributed by atoms with Gasteiger partial charge < -0.3 is 10.4 Å². The average molecular weight is 354 g/mol. The van der Waals surface area contributed by atoms with Gasteiger partial charge in [0, 0.05) is 17.7 Å². The number of phenolic OH excluding ortho intramolecular Hbond substituents is 1. The lowest BCUT2D eigenvalue weighted by Crippen LogP contribution is -2.21. The number of nitrogens with zero attached hydrogens (tertiary/aromatic N) is 1. The molecule has 128 valence electrons. The maximum atomic E-state index is 12.3. The van der Waals surface area contributed by atoms with Gasteiger partial charge in [-0.25, -0.2) is 4.99 Å². The monoisotopic (exact) mass is 354 g/mol. The number of thioether (sulfide) groups is 1. The van der Waals surface area contributed by atoms with Crippen molar-refractivity contribution in [2.75, 3.05) is 5.32 Å². The van der Waals surface area contributed by atoms with Crippen LogP contribution in [0.3, 0.4) is 0 Å². The summed E-state index contributed by atoms with van der Waals surface area (Å²) in [7, 11) is 0. The summed E-state index contributed by atoms with van der Waals surface area (Å²) in [6.45, 7) is 3.93. The SMILES string of the molecule is Cc1ccc(NC(=O)C[C@@H]2SC(c3ccc(O)cc3)=NC2=O)c(C)c1. The average Bonchev–Trinajstić information content (AvgIpc) is 2.91. The van der Waals surface area contributed by atoms with Crippen LogP contribution in [0.15, 0.2) is 47.5 Å². The van der Waals surface area contributed by atoms with Gasteiger partial charge in [-0.1, -0.05) is 29.5 Å². The zero-order chi connectivity index (χ0) is 18.0. The molecule has 25 heavy (non-hydrogen) atoms. The summed E-state index contributed by atoms with van der Waals surface area (Å²) in [5.41, 5.74) is 3.63. The first-order chi connectivity index (χ1) is 11.9. The van der Waals surface area contributed by atoms with Crippen molar-refractivity contribution in [1.29, 1.82) is 0 Å². The number of amides is 2. The summed E-state index contributed by atoms with van der Waals surface area (Å²) < 4.78 is 0. The van der Waals surface area contributed by atoms with Gasteiger partial charge in [-0.3, -0.25) is 9.59 Å². The van der Waals surface area contributed by atoms with Crippen LogP contribution in [-0.4, -0.2) is 27.2 Å². The molecular weight excluding hydrogens is 336 g/mol. The lowest BCUT2D eigenvalue weighted by molar-refractivity contribution is -0.121. The number of anilines is 1. The van der Waals surface area contributed by atoms with Crippen molar-refractivity contribution in [3.05, 3.63) is 59.2 Å². The Bertz CT molecular complexity index is 859. The second-order valence-electron chi connectivity index (χ2n) is 5.98. The molecule has 0 bridgehead atoms. The first-order valence-corrected chi connectivity index (χ1v) is 8.76. The highest BCUT2D eigenvalue weighted by molar-refractivity contribution is 8.16. The lowest BCUT2D eigenvalue weighted by atomic mass is 10.1. The molecule has 5 nitrogen and oxygen atoms in total. The molecule has 0 saturated heterocycles. The second kappa shape index (κ2) is 7.11. The molecule has 0 aromatic heterocycles. The molecule has 1 atom stereocenters.